The van der Waals surface area contributed by atoms with E-state index >= 15 is 0 Å². The lowest BCUT2D eigenvalue weighted by Gasteiger charge is -2.06. The molecular formula is C8H7BrClNO3S. The summed E-state index contributed by atoms with van der Waals surface area (Å²) in [6, 6.07) is 2.49. The molecule has 4 nitrogen and oxygen atoms in total. The Hall–Kier alpha value is -0.430. The Labute approximate surface area is 101 Å². The van der Waals surface area contributed by atoms with Gasteiger partial charge in [0.25, 0.3) is 0 Å². The summed E-state index contributed by atoms with van der Waals surface area (Å²) in [5.41, 5.74) is 0.129. The molecule has 0 fully saturated rings. The van der Waals surface area contributed by atoms with Crippen LogP contribution in [0.15, 0.2) is 21.5 Å². The number of nitrogens with two attached hydrogens (primary N) is 1. The zero-order valence-corrected chi connectivity index (χ0v) is 10.8. The van der Waals surface area contributed by atoms with E-state index < -0.39 is 10.0 Å². The fourth-order valence-corrected chi connectivity index (χ4v) is 3.08. The molecular weight excluding hydrogens is 306 g/mol. The van der Waals surface area contributed by atoms with Crippen LogP contribution in [0.1, 0.15) is 17.3 Å². The lowest BCUT2D eigenvalue weighted by Crippen LogP contribution is -2.13. The van der Waals surface area contributed by atoms with Gasteiger partial charge in [-0.25, -0.2) is 13.6 Å². The zero-order chi connectivity index (χ0) is 11.8. The third-order valence-electron chi connectivity index (χ3n) is 1.71. The lowest BCUT2D eigenvalue weighted by molar-refractivity contribution is 0.101. The Bertz CT molecular complexity index is 527. The average Bonchev–Trinajstić information content (AvgIpc) is 2.00. The second-order valence-corrected chi connectivity index (χ2v) is 5.66. The van der Waals surface area contributed by atoms with Crippen LogP contribution >= 0.6 is 27.5 Å². The number of sulfonamides is 1. The van der Waals surface area contributed by atoms with Crippen LogP contribution in [0.2, 0.25) is 5.02 Å². The summed E-state index contributed by atoms with van der Waals surface area (Å²) in [6.45, 7) is 1.29. The molecule has 0 saturated heterocycles. The number of halogens is 2. The number of ketones is 1. The molecule has 0 saturated carbocycles. The van der Waals surface area contributed by atoms with Gasteiger partial charge in [0.05, 0.1) is 9.92 Å². The molecule has 82 valence electrons. The van der Waals surface area contributed by atoms with Gasteiger partial charge >= 0.3 is 0 Å². The van der Waals surface area contributed by atoms with E-state index in [1.54, 1.807) is 0 Å². The van der Waals surface area contributed by atoms with Gasteiger partial charge in [0.15, 0.2) is 5.78 Å². The van der Waals surface area contributed by atoms with Crippen molar-refractivity contribution in [3.8, 4) is 0 Å². The molecule has 1 aromatic carbocycles. The average molecular weight is 313 g/mol. The molecule has 0 unspecified atom stereocenters. The zero-order valence-electron chi connectivity index (χ0n) is 7.62. The molecule has 0 aliphatic rings. The molecule has 1 rings (SSSR count). The molecule has 15 heavy (non-hydrogen) atoms. The predicted octanol–water partition coefficient (Wildman–Crippen LogP) is 1.95. The summed E-state index contributed by atoms with van der Waals surface area (Å²) >= 11 is 8.77. The van der Waals surface area contributed by atoms with Crippen LogP contribution in [0, 0.1) is 0 Å². The number of rotatable bonds is 2. The van der Waals surface area contributed by atoms with Gasteiger partial charge in [0.2, 0.25) is 10.0 Å². The van der Waals surface area contributed by atoms with Crippen molar-refractivity contribution in [1.29, 1.82) is 0 Å². The standard InChI is InChI=1S/C8H7BrClNO3S/c1-4(12)5-2-8(15(11,13)14)6(9)3-7(5)10/h2-3H,1H3,(H2,11,13,14). The molecule has 0 amide bonds. The maximum absolute atomic E-state index is 11.1. The van der Waals surface area contributed by atoms with Gasteiger partial charge < -0.3 is 0 Å². The normalized spacial score (nSPS) is 11.5. The molecule has 0 aliphatic heterocycles. The SMILES string of the molecule is CC(=O)c1cc(S(N)(=O)=O)c(Br)cc1Cl. The van der Waals surface area contributed by atoms with Crippen molar-refractivity contribution in [2.45, 2.75) is 11.8 Å². The molecule has 2 N–H and O–H groups in total. The highest BCUT2D eigenvalue weighted by atomic mass is 79.9. The van der Waals surface area contributed by atoms with Crippen LogP contribution in [0.5, 0.6) is 0 Å². The van der Waals surface area contributed by atoms with Crippen molar-refractivity contribution in [3.63, 3.8) is 0 Å². The van der Waals surface area contributed by atoms with E-state index in [0.29, 0.717) is 0 Å². The number of benzene rings is 1. The van der Waals surface area contributed by atoms with Crippen molar-refractivity contribution < 1.29 is 13.2 Å². The van der Waals surface area contributed by atoms with Gasteiger partial charge in [-0.05, 0) is 35.0 Å². The van der Waals surface area contributed by atoms with E-state index in [-0.39, 0.29) is 25.7 Å². The Balaban J connectivity index is 3.58. The number of hydrogen-bond acceptors (Lipinski definition) is 3. The Morgan fingerprint density at radius 2 is 2.00 bits per heavy atom. The largest absolute Gasteiger partial charge is 0.294 e. The molecule has 0 aliphatic carbocycles. The minimum atomic E-state index is -3.86. The highest BCUT2D eigenvalue weighted by molar-refractivity contribution is 9.10. The van der Waals surface area contributed by atoms with Gasteiger partial charge in [-0.2, -0.15) is 0 Å². The van der Waals surface area contributed by atoms with E-state index in [1.807, 2.05) is 0 Å². The minimum absolute atomic E-state index is 0.129. The smallest absolute Gasteiger partial charge is 0.239 e. The predicted molar refractivity (Wildman–Crippen MR) is 60.5 cm³/mol. The van der Waals surface area contributed by atoms with Crippen molar-refractivity contribution in [2.24, 2.45) is 5.14 Å². The molecule has 1 aromatic rings. The van der Waals surface area contributed by atoms with Crippen LogP contribution < -0.4 is 5.14 Å². The Kier molecular flexibility index (Phi) is 3.55. The molecule has 0 atom stereocenters. The van der Waals surface area contributed by atoms with Crippen LogP contribution in [-0.2, 0) is 10.0 Å². The number of Topliss-reactive ketones (excluding diaryl/α,β-unsaturated/α-hetero) is 1. The fourth-order valence-electron chi connectivity index (χ4n) is 1.02. The van der Waals surface area contributed by atoms with E-state index in [0.717, 1.165) is 6.07 Å². The molecule has 0 radical (unpaired) electrons. The highest BCUT2D eigenvalue weighted by Crippen LogP contribution is 2.28. The third kappa shape index (κ3) is 2.78. The molecule has 0 spiro atoms. The van der Waals surface area contributed by atoms with Crippen LogP contribution in [0.4, 0.5) is 0 Å². The monoisotopic (exact) mass is 311 g/mol. The lowest BCUT2D eigenvalue weighted by atomic mass is 10.1. The second kappa shape index (κ2) is 4.21. The summed E-state index contributed by atoms with van der Waals surface area (Å²) in [6.07, 6.45) is 0. The first-order valence-corrected chi connectivity index (χ1v) is 6.48. The summed E-state index contributed by atoms with van der Waals surface area (Å²) in [5, 5.41) is 5.15. The van der Waals surface area contributed by atoms with Gasteiger partial charge in [0, 0.05) is 10.0 Å². The van der Waals surface area contributed by atoms with Crippen molar-refractivity contribution >= 4 is 43.3 Å². The first-order valence-electron chi connectivity index (χ1n) is 3.76. The Morgan fingerprint density at radius 3 is 2.40 bits per heavy atom. The summed E-state index contributed by atoms with van der Waals surface area (Å²) in [7, 11) is -3.86. The molecule has 0 heterocycles. The van der Waals surface area contributed by atoms with Crippen LogP contribution in [-0.4, -0.2) is 14.2 Å². The fraction of sp³-hybridized carbons (Fsp3) is 0.125. The van der Waals surface area contributed by atoms with E-state index in [2.05, 4.69) is 15.9 Å². The number of hydrogen-bond donors (Lipinski definition) is 1. The number of primary sulfonamides is 1. The maximum Gasteiger partial charge on any atom is 0.239 e. The van der Waals surface area contributed by atoms with Crippen molar-refractivity contribution in [2.75, 3.05) is 0 Å². The quantitative estimate of drug-likeness (QED) is 0.848. The third-order valence-corrected chi connectivity index (χ3v) is 3.89. The van der Waals surface area contributed by atoms with Crippen molar-refractivity contribution in [1.82, 2.24) is 0 Å². The molecule has 0 bridgehead atoms. The van der Waals surface area contributed by atoms with E-state index in [9.17, 15) is 13.2 Å². The van der Waals surface area contributed by atoms with E-state index in [4.69, 9.17) is 16.7 Å². The first kappa shape index (κ1) is 12.6. The van der Waals surface area contributed by atoms with Crippen LogP contribution in [0.25, 0.3) is 0 Å². The van der Waals surface area contributed by atoms with Gasteiger partial charge in [0.1, 0.15) is 0 Å². The number of carbonyl (C=O) groups excluding carboxylic acids is 1. The number of carbonyl (C=O) groups is 1. The van der Waals surface area contributed by atoms with Crippen molar-refractivity contribution in [3.05, 3.63) is 27.2 Å². The highest BCUT2D eigenvalue weighted by Gasteiger charge is 2.17. The minimum Gasteiger partial charge on any atom is -0.294 e. The van der Waals surface area contributed by atoms with E-state index in [1.165, 1.54) is 13.0 Å². The molecule has 0 aromatic heterocycles. The van der Waals surface area contributed by atoms with Crippen LogP contribution in [0.3, 0.4) is 0 Å². The van der Waals surface area contributed by atoms with Gasteiger partial charge in [-0.15, -0.1) is 0 Å². The molecule has 7 heteroatoms. The maximum atomic E-state index is 11.1. The summed E-state index contributed by atoms with van der Waals surface area (Å²) in [5.74, 6) is -0.322. The summed E-state index contributed by atoms with van der Waals surface area (Å²) in [4.78, 5) is 11.0. The first-order chi connectivity index (χ1) is 6.73. The Morgan fingerprint density at radius 1 is 1.47 bits per heavy atom. The van der Waals surface area contributed by atoms with Gasteiger partial charge in [-0.3, -0.25) is 4.79 Å². The second-order valence-electron chi connectivity index (χ2n) is 2.86. The topological polar surface area (TPSA) is 77.2 Å². The van der Waals surface area contributed by atoms with Gasteiger partial charge in [-0.1, -0.05) is 11.6 Å². The summed E-state index contributed by atoms with van der Waals surface area (Å²) < 4.78 is 22.5.